The fraction of sp³-hybridized carbons (Fsp3) is 0.462. The first-order valence-corrected chi connectivity index (χ1v) is 7.05. The van der Waals surface area contributed by atoms with Gasteiger partial charge in [-0.1, -0.05) is 48.8 Å². The standard InChI is InChI=1S/C13H20N2OS/c1-2-3-9-17-10-12(13(14)15-16)11-7-5-4-6-8-11/h4-8,12,16H,2-3,9-10H2,1H3,(H2,14,15). The van der Waals surface area contributed by atoms with E-state index in [4.69, 9.17) is 10.9 Å². The van der Waals surface area contributed by atoms with Gasteiger partial charge in [0, 0.05) is 5.75 Å². The number of thioether (sulfide) groups is 1. The van der Waals surface area contributed by atoms with Crippen molar-refractivity contribution < 1.29 is 5.21 Å². The van der Waals surface area contributed by atoms with Crippen molar-refractivity contribution in [2.45, 2.75) is 25.7 Å². The Balaban J connectivity index is 2.62. The van der Waals surface area contributed by atoms with Gasteiger partial charge in [0.05, 0.1) is 5.92 Å². The highest BCUT2D eigenvalue weighted by Crippen LogP contribution is 2.21. The molecule has 4 heteroatoms. The molecule has 3 N–H and O–H groups in total. The van der Waals surface area contributed by atoms with Gasteiger partial charge in [-0.15, -0.1) is 0 Å². The van der Waals surface area contributed by atoms with Crippen molar-refractivity contribution in [1.29, 1.82) is 0 Å². The number of nitrogens with two attached hydrogens (primary N) is 1. The van der Waals surface area contributed by atoms with Crippen LogP contribution in [-0.4, -0.2) is 22.5 Å². The molecule has 0 radical (unpaired) electrons. The summed E-state index contributed by atoms with van der Waals surface area (Å²) in [6.45, 7) is 2.18. The van der Waals surface area contributed by atoms with Crippen LogP contribution in [0.15, 0.2) is 35.5 Å². The summed E-state index contributed by atoms with van der Waals surface area (Å²) in [6, 6.07) is 9.95. The summed E-state index contributed by atoms with van der Waals surface area (Å²) in [4.78, 5) is 0. The van der Waals surface area contributed by atoms with Crippen LogP contribution in [0.2, 0.25) is 0 Å². The lowest BCUT2D eigenvalue weighted by Gasteiger charge is -2.15. The Hall–Kier alpha value is -1.16. The number of hydrogen-bond acceptors (Lipinski definition) is 3. The topological polar surface area (TPSA) is 58.6 Å². The molecular formula is C13H20N2OS. The van der Waals surface area contributed by atoms with Crippen LogP contribution >= 0.6 is 11.8 Å². The van der Waals surface area contributed by atoms with Crippen molar-refractivity contribution in [2.24, 2.45) is 10.9 Å². The maximum Gasteiger partial charge on any atom is 0.147 e. The van der Waals surface area contributed by atoms with Crippen LogP contribution in [0.25, 0.3) is 0 Å². The summed E-state index contributed by atoms with van der Waals surface area (Å²) in [7, 11) is 0. The number of rotatable bonds is 7. The van der Waals surface area contributed by atoms with Crippen LogP contribution in [0.5, 0.6) is 0 Å². The lowest BCUT2D eigenvalue weighted by molar-refractivity contribution is 0.316. The Morgan fingerprint density at radius 3 is 2.71 bits per heavy atom. The highest BCUT2D eigenvalue weighted by Gasteiger charge is 2.16. The second kappa shape index (κ2) is 8.01. The van der Waals surface area contributed by atoms with Gasteiger partial charge in [0.1, 0.15) is 5.84 Å². The van der Waals surface area contributed by atoms with E-state index in [1.165, 1.54) is 12.8 Å². The van der Waals surface area contributed by atoms with Gasteiger partial charge in [0.25, 0.3) is 0 Å². The van der Waals surface area contributed by atoms with E-state index >= 15 is 0 Å². The summed E-state index contributed by atoms with van der Waals surface area (Å²) in [5.41, 5.74) is 6.85. The van der Waals surface area contributed by atoms with Gasteiger partial charge in [0.2, 0.25) is 0 Å². The maximum atomic E-state index is 8.82. The molecule has 0 aliphatic heterocycles. The van der Waals surface area contributed by atoms with Gasteiger partial charge < -0.3 is 10.9 Å². The first-order chi connectivity index (χ1) is 8.29. The summed E-state index contributed by atoms with van der Waals surface area (Å²) in [5.74, 6) is 2.28. The number of hydrogen-bond donors (Lipinski definition) is 2. The summed E-state index contributed by atoms with van der Waals surface area (Å²) in [5, 5.41) is 12.0. The molecule has 1 aromatic carbocycles. The molecule has 0 heterocycles. The van der Waals surface area contributed by atoms with Crippen molar-refractivity contribution >= 4 is 17.6 Å². The lowest BCUT2D eigenvalue weighted by atomic mass is 10.0. The van der Waals surface area contributed by atoms with Crippen molar-refractivity contribution in [1.82, 2.24) is 0 Å². The predicted octanol–water partition coefficient (Wildman–Crippen LogP) is 3.05. The number of benzene rings is 1. The Morgan fingerprint density at radius 2 is 2.12 bits per heavy atom. The van der Waals surface area contributed by atoms with Crippen molar-refractivity contribution in [3.8, 4) is 0 Å². The predicted molar refractivity (Wildman–Crippen MR) is 74.8 cm³/mol. The highest BCUT2D eigenvalue weighted by atomic mass is 32.2. The molecule has 1 rings (SSSR count). The van der Waals surface area contributed by atoms with E-state index in [1.54, 1.807) is 0 Å². The monoisotopic (exact) mass is 252 g/mol. The highest BCUT2D eigenvalue weighted by molar-refractivity contribution is 7.99. The van der Waals surface area contributed by atoms with E-state index in [2.05, 4.69) is 12.1 Å². The molecule has 0 bridgehead atoms. The SMILES string of the molecule is CCCCSCC(C(N)=NO)c1ccccc1. The Bertz CT molecular complexity index is 341. The summed E-state index contributed by atoms with van der Waals surface area (Å²) in [6.07, 6.45) is 2.41. The molecule has 1 atom stereocenters. The van der Waals surface area contributed by atoms with Crippen LogP contribution in [0.3, 0.4) is 0 Å². The van der Waals surface area contributed by atoms with E-state index in [-0.39, 0.29) is 5.92 Å². The van der Waals surface area contributed by atoms with Crippen LogP contribution in [0, 0.1) is 0 Å². The molecule has 0 saturated carbocycles. The zero-order valence-corrected chi connectivity index (χ0v) is 11.0. The zero-order chi connectivity index (χ0) is 12.5. The number of unbranched alkanes of at least 4 members (excludes halogenated alkanes) is 1. The molecule has 0 aliphatic carbocycles. The lowest BCUT2D eigenvalue weighted by Crippen LogP contribution is -2.24. The van der Waals surface area contributed by atoms with Crippen molar-refractivity contribution in [3.63, 3.8) is 0 Å². The van der Waals surface area contributed by atoms with E-state index in [0.29, 0.717) is 5.84 Å². The molecule has 0 fully saturated rings. The summed E-state index contributed by atoms with van der Waals surface area (Å²) < 4.78 is 0. The van der Waals surface area contributed by atoms with Gasteiger partial charge >= 0.3 is 0 Å². The third-order valence-electron chi connectivity index (χ3n) is 2.60. The average Bonchev–Trinajstić information content (AvgIpc) is 2.39. The molecule has 0 amide bonds. The molecule has 0 saturated heterocycles. The largest absolute Gasteiger partial charge is 0.409 e. The van der Waals surface area contributed by atoms with Crippen LogP contribution in [0.1, 0.15) is 31.2 Å². The van der Waals surface area contributed by atoms with Crippen LogP contribution in [0.4, 0.5) is 0 Å². The number of nitrogens with zero attached hydrogens (tertiary/aromatic N) is 1. The van der Waals surface area contributed by atoms with E-state index in [9.17, 15) is 0 Å². The van der Waals surface area contributed by atoms with E-state index < -0.39 is 0 Å². The molecule has 0 spiro atoms. The van der Waals surface area contributed by atoms with Gasteiger partial charge in [-0.05, 0) is 17.7 Å². The van der Waals surface area contributed by atoms with Gasteiger partial charge in [-0.3, -0.25) is 0 Å². The Morgan fingerprint density at radius 1 is 1.41 bits per heavy atom. The van der Waals surface area contributed by atoms with Gasteiger partial charge in [-0.2, -0.15) is 11.8 Å². The minimum absolute atomic E-state index is 0.00283. The minimum Gasteiger partial charge on any atom is -0.409 e. The van der Waals surface area contributed by atoms with Crippen molar-refractivity contribution in [3.05, 3.63) is 35.9 Å². The van der Waals surface area contributed by atoms with E-state index in [0.717, 1.165) is 17.1 Å². The summed E-state index contributed by atoms with van der Waals surface area (Å²) >= 11 is 1.85. The molecule has 94 valence electrons. The normalized spacial score (nSPS) is 13.6. The molecule has 0 aromatic heterocycles. The quantitative estimate of drug-likeness (QED) is 0.258. The van der Waals surface area contributed by atoms with Crippen LogP contribution in [-0.2, 0) is 0 Å². The molecule has 1 unspecified atom stereocenters. The molecular weight excluding hydrogens is 232 g/mol. The third kappa shape index (κ3) is 4.69. The van der Waals surface area contributed by atoms with E-state index in [1.807, 2.05) is 42.1 Å². The minimum atomic E-state index is 0.00283. The number of amidine groups is 1. The fourth-order valence-corrected chi connectivity index (χ4v) is 2.81. The Labute approximate surface area is 107 Å². The third-order valence-corrected chi connectivity index (χ3v) is 3.75. The smallest absolute Gasteiger partial charge is 0.147 e. The molecule has 1 aromatic rings. The van der Waals surface area contributed by atoms with Crippen molar-refractivity contribution in [2.75, 3.05) is 11.5 Å². The second-order valence-corrected chi connectivity index (χ2v) is 5.07. The van der Waals surface area contributed by atoms with Crippen LogP contribution < -0.4 is 5.73 Å². The Kier molecular flexibility index (Phi) is 6.55. The molecule has 3 nitrogen and oxygen atoms in total. The second-order valence-electron chi connectivity index (χ2n) is 3.92. The fourth-order valence-electron chi connectivity index (χ4n) is 1.55. The van der Waals surface area contributed by atoms with Gasteiger partial charge in [0.15, 0.2) is 0 Å². The molecule has 0 aliphatic rings. The molecule has 17 heavy (non-hydrogen) atoms. The average molecular weight is 252 g/mol. The van der Waals surface area contributed by atoms with Gasteiger partial charge in [-0.25, -0.2) is 0 Å². The first-order valence-electron chi connectivity index (χ1n) is 5.89. The number of oxime groups is 1. The zero-order valence-electron chi connectivity index (χ0n) is 10.2. The maximum absolute atomic E-state index is 8.82. The first kappa shape index (κ1) is 13.9.